The molecular weight excluding hydrogens is 396 g/mol. The highest BCUT2D eigenvalue weighted by Crippen LogP contribution is 2.23. The van der Waals surface area contributed by atoms with Gasteiger partial charge in [-0.15, -0.1) is 0 Å². The lowest BCUT2D eigenvalue weighted by molar-refractivity contribution is -0.385. The Balaban J connectivity index is 1.51. The number of nitro benzene ring substituents is 1. The summed E-state index contributed by atoms with van der Waals surface area (Å²) in [7, 11) is 0. The van der Waals surface area contributed by atoms with Crippen LogP contribution in [0.3, 0.4) is 0 Å². The van der Waals surface area contributed by atoms with Gasteiger partial charge in [-0.05, 0) is 63.1 Å². The molecule has 2 aromatic carbocycles. The van der Waals surface area contributed by atoms with Gasteiger partial charge in [0, 0.05) is 36.0 Å². The minimum absolute atomic E-state index is 0.0591. The highest BCUT2D eigenvalue weighted by Gasteiger charge is 2.11. The van der Waals surface area contributed by atoms with Crippen LogP contribution in [0.4, 0.5) is 5.69 Å². The van der Waals surface area contributed by atoms with Crippen molar-refractivity contribution in [1.82, 2.24) is 15.1 Å². The number of nitrogens with one attached hydrogen (secondary N) is 1. The second kappa shape index (κ2) is 9.88. The van der Waals surface area contributed by atoms with Crippen molar-refractivity contribution >= 4 is 11.6 Å². The van der Waals surface area contributed by atoms with Crippen LogP contribution < -0.4 is 10.1 Å². The van der Waals surface area contributed by atoms with Gasteiger partial charge in [-0.3, -0.25) is 19.6 Å². The molecule has 0 bridgehead atoms. The highest BCUT2D eigenvalue weighted by atomic mass is 16.6. The minimum Gasteiger partial charge on any atom is -0.489 e. The van der Waals surface area contributed by atoms with Crippen molar-refractivity contribution in [3.8, 4) is 5.75 Å². The molecule has 0 spiro atoms. The fourth-order valence-corrected chi connectivity index (χ4v) is 3.33. The Morgan fingerprint density at radius 2 is 1.97 bits per heavy atom. The van der Waals surface area contributed by atoms with Gasteiger partial charge in [-0.1, -0.05) is 12.1 Å². The first kappa shape index (κ1) is 22.0. The molecule has 0 aliphatic heterocycles. The lowest BCUT2D eigenvalue weighted by Gasteiger charge is -2.10. The molecule has 0 aliphatic rings. The summed E-state index contributed by atoms with van der Waals surface area (Å²) < 4.78 is 7.68. The first-order valence-electron chi connectivity index (χ1n) is 10.1. The molecule has 0 radical (unpaired) electrons. The molecular formula is C23H26N4O4. The number of rotatable bonds is 9. The number of hydrogen-bond donors (Lipinski definition) is 1. The number of carbonyl (C=O) groups is 1. The van der Waals surface area contributed by atoms with Crippen LogP contribution >= 0.6 is 0 Å². The predicted octanol–water partition coefficient (Wildman–Crippen LogP) is 4.12. The molecule has 8 nitrogen and oxygen atoms in total. The summed E-state index contributed by atoms with van der Waals surface area (Å²) >= 11 is 0. The Morgan fingerprint density at radius 1 is 1.16 bits per heavy atom. The van der Waals surface area contributed by atoms with E-state index in [-0.39, 0.29) is 18.2 Å². The maximum absolute atomic E-state index is 12.5. The van der Waals surface area contributed by atoms with Crippen LogP contribution in [0.5, 0.6) is 5.75 Å². The van der Waals surface area contributed by atoms with Gasteiger partial charge in [0.25, 0.3) is 11.6 Å². The number of nitrogens with zero attached hydrogens (tertiary/aromatic N) is 3. The standard InChI is InChI=1S/C23H26N4O4/c1-16-12-21(8-9-22(16)27(29)30)31-15-19-6-4-7-20(14-19)23(28)24-10-5-11-26-18(3)13-17(2)25-26/h4,6-9,12-14H,5,10-11,15H2,1-3H3,(H,24,28). The fourth-order valence-electron chi connectivity index (χ4n) is 3.33. The molecule has 1 N–H and O–H groups in total. The van der Waals surface area contributed by atoms with Crippen LogP contribution in [-0.2, 0) is 13.2 Å². The van der Waals surface area contributed by atoms with Crippen LogP contribution in [0, 0.1) is 30.9 Å². The number of hydrogen-bond acceptors (Lipinski definition) is 5. The Bertz CT molecular complexity index is 1090. The highest BCUT2D eigenvalue weighted by molar-refractivity contribution is 5.94. The van der Waals surface area contributed by atoms with E-state index in [1.165, 1.54) is 6.07 Å². The van der Waals surface area contributed by atoms with Crippen molar-refractivity contribution in [2.75, 3.05) is 6.54 Å². The molecule has 0 aliphatic carbocycles. The van der Waals surface area contributed by atoms with Crippen molar-refractivity contribution in [1.29, 1.82) is 0 Å². The number of aromatic nitrogens is 2. The smallest absolute Gasteiger partial charge is 0.272 e. The third-order valence-corrected chi connectivity index (χ3v) is 4.90. The van der Waals surface area contributed by atoms with Crippen LogP contribution in [0.25, 0.3) is 0 Å². The van der Waals surface area contributed by atoms with E-state index >= 15 is 0 Å². The van der Waals surface area contributed by atoms with Gasteiger partial charge in [0.2, 0.25) is 0 Å². The summed E-state index contributed by atoms with van der Waals surface area (Å²) in [6.45, 7) is 7.22. The predicted molar refractivity (Wildman–Crippen MR) is 117 cm³/mol. The Labute approximate surface area is 181 Å². The van der Waals surface area contributed by atoms with E-state index < -0.39 is 4.92 Å². The van der Waals surface area contributed by atoms with Crippen molar-refractivity contribution in [3.05, 3.63) is 86.7 Å². The molecule has 162 valence electrons. The van der Waals surface area contributed by atoms with Crippen molar-refractivity contribution in [2.45, 2.75) is 40.3 Å². The Kier molecular flexibility index (Phi) is 7.02. The third-order valence-electron chi connectivity index (χ3n) is 4.90. The molecule has 1 amide bonds. The molecule has 1 aromatic heterocycles. The van der Waals surface area contributed by atoms with Crippen molar-refractivity contribution < 1.29 is 14.5 Å². The van der Waals surface area contributed by atoms with Crippen LogP contribution in [0.1, 0.15) is 39.3 Å². The normalized spacial score (nSPS) is 10.7. The van der Waals surface area contributed by atoms with Crippen molar-refractivity contribution in [3.63, 3.8) is 0 Å². The average molecular weight is 422 g/mol. The maximum atomic E-state index is 12.5. The van der Waals surface area contributed by atoms with Gasteiger partial charge in [-0.2, -0.15) is 5.10 Å². The van der Waals surface area contributed by atoms with E-state index in [1.807, 2.05) is 36.7 Å². The molecule has 0 saturated heterocycles. The summed E-state index contributed by atoms with van der Waals surface area (Å²) in [5.74, 6) is 0.406. The van der Waals surface area contributed by atoms with E-state index in [1.54, 1.807) is 31.2 Å². The molecule has 3 aromatic rings. The fraction of sp³-hybridized carbons (Fsp3) is 0.304. The Hall–Kier alpha value is -3.68. The molecule has 0 fully saturated rings. The first-order chi connectivity index (χ1) is 14.8. The van der Waals surface area contributed by atoms with E-state index in [4.69, 9.17) is 4.74 Å². The third kappa shape index (κ3) is 5.91. The zero-order valence-corrected chi connectivity index (χ0v) is 17.9. The number of benzene rings is 2. The van der Waals surface area contributed by atoms with Gasteiger partial charge in [0.1, 0.15) is 12.4 Å². The minimum atomic E-state index is -0.418. The lowest BCUT2D eigenvalue weighted by Crippen LogP contribution is -2.25. The molecule has 31 heavy (non-hydrogen) atoms. The number of ether oxygens (including phenoxy) is 1. The quantitative estimate of drug-likeness (QED) is 0.318. The monoisotopic (exact) mass is 422 g/mol. The van der Waals surface area contributed by atoms with E-state index in [0.29, 0.717) is 23.4 Å². The number of amides is 1. The van der Waals surface area contributed by atoms with Crippen LogP contribution in [0.15, 0.2) is 48.5 Å². The van der Waals surface area contributed by atoms with Crippen LogP contribution in [-0.4, -0.2) is 27.2 Å². The maximum Gasteiger partial charge on any atom is 0.272 e. The summed E-state index contributed by atoms with van der Waals surface area (Å²) in [6, 6.07) is 13.9. The summed E-state index contributed by atoms with van der Waals surface area (Å²) in [5.41, 5.74) is 4.10. The average Bonchev–Trinajstić information content (AvgIpc) is 3.06. The SMILES string of the molecule is Cc1cc(C)n(CCCNC(=O)c2cccc(COc3ccc([N+](=O)[O-])c(C)c3)c2)n1. The second-order valence-electron chi connectivity index (χ2n) is 7.45. The van der Waals surface area contributed by atoms with Crippen LogP contribution in [0.2, 0.25) is 0 Å². The zero-order chi connectivity index (χ0) is 22.4. The number of nitro groups is 1. The van der Waals surface area contributed by atoms with Gasteiger partial charge in [0.15, 0.2) is 0 Å². The first-order valence-corrected chi connectivity index (χ1v) is 10.1. The van der Waals surface area contributed by atoms with Gasteiger partial charge >= 0.3 is 0 Å². The number of aryl methyl sites for hydroxylation is 4. The Morgan fingerprint density at radius 3 is 2.65 bits per heavy atom. The summed E-state index contributed by atoms with van der Waals surface area (Å²) in [6.07, 6.45) is 0.788. The second-order valence-corrected chi connectivity index (χ2v) is 7.45. The number of carbonyl (C=O) groups excluding carboxylic acids is 1. The molecule has 1 heterocycles. The van der Waals surface area contributed by atoms with E-state index in [9.17, 15) is 14.9 Å². The van der Waals surface area contributed by atoms with E-state index in [2.05, 4.69) is 10.4 Å². The largest absolute Gasteiger partial charge is 0.489 e. The van der Waals surface area contributed by atoms with Gasteiger partial charge < -0.3 is 10.1 Å². The van der Waals surface area contributed by atoms with Gasteiger partial charge in [0.05, 0.1) is 10.6 Å². The molecule has 8 heteroatoms. The zero-order valence-electron chi connectivity index (χ0n) is 17.9. The molecule has 0 saturated carbocycles. The molecule has 0 atom stereocenters. The topological polar surface area (TPSA) is 99.3 Å². The van der Waals surface area contributed by atoms with E-state index in [0.717, 1.165) is 29.9 Å². The molecule has 0 unspecified atom stereocenters. The summed E-state index contributed by atoms with van der Waals surface area (Å²) in [4.78, 5) is 23.0. The summed E-state index contributed by atoms with van der Waals surface area (Å²) in [5, 5.41) is 18.3. The lowest BCUT2D eigenvalue weighted by atomic mass is 10.1. The molecule has 3 rings (SSSR count). The van der Waals surface area contributed by atoms with Crippen molar-refractivity contribution in [2.24, 2.45) is 0 Å². The van der Waals surface area contributed by atoms with Gasteiger partial charge in [-0.25, -0.2) is 0 Å².